The van der Waals surface area contributed by atoms with Crippen LogP contribution in [0.3, 0.4) is 0 Å². The smallest absolute Gasteiger partial charge is 0.355 e. The Morgan fingerprint density at radius 1 is 1.07 bits per heavy atom. The maximum absolute atomic E-state index is 13.3. The van der Waals surface area contributed by atoms with Crippen molar-refractivity contribution in [1.29, 1.82) is 0 Å². The van der Waals surface area contributed by atoms with Gasteiger partial charge in [0.05, 0.1) is 24.5 Å². The van der Waals surface area contributed by atoms with Crippen LogP contribution in [0.25, 0.3) is 11.1 Å². The van der Waals surface area contributed by atoms with Crippen LogP contribution in [-0.4, -0.2) is 53.7 Å². The van der Waals surface area contributed by atoms with Crippen molar-refractivity contribution in [1.82, 2.24) is 4.90 Å². The van der Waals surface area contributed by atoms with Gasteiger partial charge in [0.1, 0.15) is 31.3 Å². The van der Waals surface area contributed by atoms with Crippen LogP contribution >= 0.6 is 0 Å². The van der Waals surface area contributed by atoms with Gasteiger partial charge < -0.3 is 19.5 Å². The minimum atomic E-state index is -0.791. The van der Waals surface area contributed by atoms with Gasteiger partial charge in [-0.1, -0.05) is 69.0 Å². The molecule has 4 rings (SSSR count). The molecule has 4 atom stereocenters. The quantitative estimate of drug-likeness (QED) is 0.100. The summed E-state index contributed by atoms with van der Waals surface area (Å²) in [6, 6.07) is 14.6. The van der Waals surface area contributed by atoms with Gasteiger partial charge >= 0.3 is 11.9 Å². The third kappa shape index (κ3) is 5.71. The van der Waals surface area contributed by atoms with Crippen LogP contribution < -0.4 is 4.74 Å². The molecule has 2 aliphatic heterocycles. The Morgan fingerprint density at radius 2 is 1.80 bits per heavy atom. The van der Waals surface area contributed by atoms with Gasteiger partial charge in [-0.05, 0) is 28.8 Å². The first-order valence-electron chi connectivity index (χ1n) is 13.0. The molecule has 0 saturated carbocycles. The number of ether oxygens (including phenoxy) is 2. The highest BCUT2D eigenvalue weighted by Gasteiger charge is 2.61. The lowest BCUT2D eigenvalue weighted by atomic mass is 9.74. The predicted molar refractivity (Wildman–Crippen MR) is 146 cm³/mol. The summed E-state index contributed by atoms with van der Waals surface area (Å²) in [5.74, 6) is -2.87. The highest BCUT2D eigenvalue weighted by Crippen LogP contribution is 2.49. The van der Waals surface area contributed by atoms with E-state index in [1.54, 1.807) is 6.92 Å². The van der Waals surface area contributed by atoms with Gasteiger partial charge in [0.25, 0.3) is 0 Å². The molecule has 2 heterocycles. The molecule has 40 heavy (non-hydrogen) atoms. The van der Waals surface area contributed by atoms with E-state index in [-0.39, 0.29) is 43.9 Å². The summed E-state index contributed by atoms with van der Waals surface area (Å²) in [7, 11) is 0. The van der Waals surface area contributed by atoms with Gasteiger partial charge in [0, 0.05) is 11.5 Å². The number of fused-ring (bicyclic) bond motifs is 1. The minimum Gasteiger partial charge on any atom is -0.489 e. The first kappa shape index (κ1) is 28.8. The largest absolute Gasteiger partial charge is 0.489 e. The predicted octanol–water partition coefficient (Wildman–Crippen LogP) is 3.98. The summed E-state index contributed by atoms with van der Waals surface area (Å²) in [4.78, 5) is 49.9. The molecule has 1 N–H and O–H groups in total. The number of nitrogens with zero attached hydrogens (tertiary/aromatic N) is 1. The number of hydrogen-bond acceptors (Lipinski definition) is 8. The van der Waals surface area contributed by atoms with Crippen LogP contribution in [0.4, 0.5) is 0 Å². The molecule has 0 spiro atoms. The van der Waals surface area contributed by atoms with Crippen molar-refractivity contribution in [3.05, 3.63) is 90.7 Å². The standard InChI is InChI=1S/C31H33NO8/c1-5-14-37-31(36)28-25(18-38-24-9-7-8-23(16-24)22-12-10-21(17-33)11-13-22)19(3)27-26(29(34)32(27)28)20(4)30(35)40-39-15-6-2/h5-13,16,19-20,26-27,33H,1-2,14-15,17-18H2,3-4H3/t19-,20?,26?,27?/m0/s1. The van der Waals surface area contributed by atoms with E-state index in [9.17, 15) is 19.5 Å². The molecule has 210 valence electrons. The molecule has 2 aliphatic rings. The molecule has 0 aromatic heterocycles. The van der Waals surface area contributed by atoms with E-state index in [2.05, 4.69) is 13.2 Å². The zero-order valence-corrected chi connectivity index (χ0v) is 22.6. The van der Waals surface area contributed by atoms with Crippen LogP contribution in [0.1, 0.15) is 19.4 Å². The molecule has 0 radical (unpaired) electrons. The van der Waals surface area contributed by atoms with Crippen LogP contribution in [-0.2, 0) is 35.5 Å². The van der Waals surface area contributed by atoms with Crippen molar-refractivity contribution in [2.45, 2.75) is 26.5 Å². The van der Waals surface area contributed by atoms with Crippen LogP contribution in [0, 0.1) is 17.8 Å². The van der Waals surface area contributed by atoms with Gasteiger partial charge in [-0.25, -0.2) is 9.59 Å². The number of hydrogen-bond donors (Lipinski definition) is 1. The van der Waals surface area contributed by atoms with E-state index < -0.39 is 29.8 Å². The number of β-lactam (4-membered cyclic amide) rings is 1. The van der Waals surface area contributed by atoms with Crippen molar-refractivity contribution >= 4 is 17.8 Å². The molecule has 2 aromatic carbocycles. The summed E-state index contributed by atoms with van der Waals surface area (Å²) in [5.41, 5.74) is 3.45. The van der Waals surface area contributed by atoms with Crippen molar-refractivity contribution in [2.24, 2.45) is 17.8 Å². The SMILES string of the molecule is C=CCOOC(=O)C(C)C1C(=O)N2C(C(=O)OCC=C)=C(COc3cccc(-c4ccc(CO)cc4)c3)[C@H](C)C12. The highest BCUT2D eigenvalue weighted by atomic mass is 17.2. The zero-order valence-electron chi connectivity index (χ0n) is 22.6. The molecular formula is C31H33NO8. The summed E-state index contributed by atoms with van der Waals surface area (Å²) in [6.45, 7) is 10.6. The number of rotatable bonds is 13. The first-order chi connectivity index (χ1) is 19.3. The number of aliphatic hydroxyl groups is 1. The molecule has 2 aromatic rings. The second kappa shape index (κ2) is 12.8. The van der Waals surface area contributed by atoms with E-state index in [4.69, 9.17) is 19.2 Å². The number of carbonyl (C=O) groups excluding carboxylic acids is 3. The average molecular weight is 548 g/mol. The summed E-state index contributed by atoms with van der Waals surface area (Å²) < 4.78 is 11.4. The van der Waals surface area contributed by atoms with Gasteiger partial charge in [0.2, 0.25) is 5.91 Å². The number of carbonyl (C=O) groups is 3. The van der Waals surface area contributed by atoms with Crippen molar-refractivity contribution < 1.29 is 38.7 Å². The lowest BCUT2D eigenvalue weighted by molar-refractivity contribution is -0.271. The van der Waals surface area contributed by atoms with Gasteiger partial charge in [-0.2, -0.15) is 4.89 Å². The lowest BCUT2D eigenvalue weighted by Crippen LogP contribution is -2.63. The molecule has 9 heteroatoms. The van der Waals surface area contributed by atoms with Crippen molar-refractivity contribution in [2.75, 3.05) is 19.8 Å². The maximum Gasteiger partial charge on any atom is 0.355 e. The average Bonchev–Trinajstić information content (AvgIpc) is 3.22. The summed E-state index contributed by atoms with van der Waals surface area (Å²) >= 11 is 0. The molecule has 1 amide bonds. The monoisotopic (exact) mass is 547 g/mol. The fourth-order valence-corrected chi connectivity index (χ4v) is 5.14. The lowest BCUT2D eigenvalue weighted by Gasteiger charge is -2.47. The second-order valence-electron chi connectivity index (χ2n) is 9.71. The normalized spacial score (nSPS) is 20.3. The Bertz CT molecular complexity index is 1310. The van der Waals surface area contributed by atoms with Gasteiger partial charge in [0.15, 0.2) is 0 Å². The van der Waals surface area contributed by atoms with E-state index in [1.165, 1.54) is 17.1 Å². The molecule has 0 bridgehead atoms. The molecular weight excluding hydrogens is 514 g/mol. The number of benzene rings is 2. The molecule has 0 aliphatic carbocycles. The fourth-order valence-electron chi connectivity index (χ4n) is 5.14. The molecule has 9 nitrogen and oxygen atoms in total. The third-order valence-electron chi connectivity index (χ3n) is 7.26. The summed E-state index contributed by atoms with van der Waals surface area (Å²) in [6.07, 6.45) is 2.89. The van der Waals surface area contributed by atoms with E-state index in [0.717, 1.165) is 16.7 Å². The van der Waals surface area contributed by atoms with Crippen molar-refractivity contribution in [3.63, 3.8) is 0 Å². The third-order valence-corrected chi connectivity index (χ3v) is 7.26. The Kier molecular flexibility index (Phi) is 9.19. The van der Waals surface area contributed by atoms with Crippen LogP contribution in [0.5, 0.6) is 5.75 Å². The molecule has 1 saturated heterocycles. The minimum absolute atomic E-state index is 0.0124. The van der Waals surface area contributed by atoms with E-state index in [1.807, 2.05) is 55.5 Å². The van der Waals surface area contributed by atoms with Gasteiger partial charge in [-0.15, -0.1) is 6.58 Å². The number of aliphatic hydroxyl groups excluding tert-OH is 1. The Balaban J connectivity index is 1.55. The maximum atomic E-state index is 13.3. The van der Waals surface area contributed by atoms with Crippen LogP contribution in [0.2, 0.25) is 0 Å². The second-order valence-corrected chi connectivity index (χ2v) is 9.71. The zero-order chi connectivity index (χ0) is 28.8. The topological polar surface area (TPSA) is 112 Å². The Morgan fingerprint density at radius 3 is 2.48 bits per heavy atom. The molecule has 3 unspecified atom stereocenters. The highest BCUT2D eigenvalue weighted by molar-refractivity contribution is 6.02. The Labute approximate surface area is 233 Å². The van der Waals surface area contributed by atoms with Crippen LogP contribution in [0.15, 0.2) is 85.1 Å². The molecule has 1 fully saturated rings. The van der Waals surface area contributed by atoms with E-state index >= 15 is 0 Å². The summed E-state index contributed by atoms with van der Waals surface area (Å²) in [5, 5.41) is 9.30. The number of esters is 1. The Hall–Kier alpha value is -4.21. The first-order valence-corrected chi connectivity index (χ1v) is 13.0. The van der Waals surface area contributed by atoms with Crippen molar-refractivity contribution in [3.8, 4) is 16.9 Å². The number of amides is 1. The van der Waals surface area contributed by atoms with E-state index in [0.29, 0.717) is 11.3 Å². The fraction of sp³-hybridized carbons (Fsp3) is 0.323. The van der Waals surface area contributed by atoms with Gasteiger partial charge in [-0.3, -0.25) is 9.68 Å².